The number of alkyl halides is 1. The Kier molecular flexibility index (Phi) is 6.34. The van der Waals surface area contributed by atoms with E-state index in [1.54, 1.807) is 29.1 Å². The van der Waals surface area contributed by atoms with Crippen molar-refractivity contribution in [2.75, 3.05) is 24.1 Å². The number of carboxylic acid groups (broad SMARTS) is 1. The Balaban J connectivity index is 1.38. The third-order valence-corrected chi connectivity index (χ3v) is 7.41. The molecule has 0 bridgehead atoms. The lowest BCUT2D eigenvalue weighted by Crippen LogP contribution is -2.71. The molecule has 0 aromatic carbocycles. The number of nitrogen functional groups attached to an aromatic ring is 2. The van der Waals surface area contributed by atoms with Crippen LogP contribution in [0.4, 0.5) is 15.3 Å². The quantitative estimate of drug-likeness (QED) is 0.113. The van der Waals surface area contributed by atoms with Gasteiger partial charge < -0.3 is 26.7 Å². The summed E-state index contributed by atoms with van der Waals surface area (Å²) in [6, 6.07) is 2.43. The number of aromatic nitrogens is 5. The van der Waals surface area contributed by atoms with Gasteiger partial charge in [-0.2, -0.15) is 9.36 Å². The van der Waals surface area contributed by atoms with Gasteiger partial charge >= 0.3 is 11.6 Å². The number of carbonyl (C=O) groups excluding carboxylic acids is 2. The third kappa shape index (κ3) is 4.29. The van der Waals surface area contributed by atoms with Gasteiger partial charge in [0.15, 0.2) is 11.3 Å². The average Bonchev–Trinajstić information content (AvgIpc) is 3.45. The maximum absolute atomic E-state index is 13.0. The molecule has 5 rings (SSSR count). The summed E-state index contributed by atoms with van der Waals surface area (Å²) >= 11 is 2.07. The molecule has 6 N–H and O–H groups in total. The van der Waals surface area contributed by atoms with Crippen LogP contribution in [0.25, 0.3) is 5.65 Å². The molecule has 0 spiro atoms. The number of fused-ring (bicyclic) bond motifs is 2. The second-order valence-corrected chi connectivity index (χ2v) is 9.62. The first-order valence-corrected chi connectivity index (χ1v) is 12.3. The van der Waals surface area contributed by atoms with Crippen LogP contribution in [-0.2, 0) is 25.8 Å². The number of aliphatic carboxylic acids is 1. The molecule has 2 aliphatic rings. The Morgan fingerprint density at radius 2 is 2.22 bits per heavy atom. The molecule has 3 aromatic rings. The fraction of sp³-hybridized carbons (Fsp3) is 0.263. The Morgan fingerprint density at radius 1 is 1.41 bits per heavy atom. The summed E-state index contributed by atoms with van der Waals surface area (Å²) in [6.07, 6.45) is 3.20. The molecule has 37 heavy (non-hydrogen) atoms. The van der Waals surface area contributed by atoms with Crippen LogP contribution in [0.3, 0.4) is 0 Å². The van der Waals surface area contributed by atoms with E-state index in [1.165, 1.54) is 16.3 Å². The average molecular weight is 550 g/mol. The summed E-state index contributed by atoms with van der Waals surface area (Å²) in [5.74, 6) is -2.40. The minimum Gasteiger partial charge on any atom is -0.477 e. The molecule has 0 aliphatic carbocycles. The smallest absolute Gasteiger partial charge is 0.352 e. The number of thioether (sulfide) groups is 1. The maximum Gasteiger partial charge on any atom is 0.352 e. The number of carbonyl (C=O) groups is 3. The molecule has 1 saturated heterocycles. The van der Waals surface area contributed by atoms with Crippen LogP contribution in [0.5, 0.6) is 0 Å². The Morgan fingerprint density at radius 3 is 2.92 bits per heavy atom. The molecule has 3 aromatic heterocycles. The van der Waals surface area contributed by atoms with Gasteiger partial charge in [0.05, 0.1) is 6.20 Å². The van der Waals surface area contributed by atoms with E-state index in [1.807, 2.05) is 0 Å². The topological polar surface area (TPSA) is 207 Å². The van der Waals surface area contributed by atoms with Crippen molar-refractivity contribution in [3.05, 3.63) is 41.6 Å². The van der Waals surface area contributed by atoms with Gasteiger partial charge in [-0.25, -0.2) is 13.8 Å². The number of carboxylic acids is 1. The van der Waals surface area contributed by atoms with E-state index < -0.39 is 41.8 Å². The van der Waals surface area contributed by atoms with Crippen LogP contribution in [0.15, 0.2) is 41.0 Å². The molecule has 2 amide bonds. The van der Waals surface area contributed by atoms with Gasteiger partial charge in [0.1, 0.15) is 23.7 Å². The number of rotatable bonds is 8. The normalized spacial score (nSPS) is 19.5. The molecule has 1 fully saturated rings. The number of imidazole rings is 1. The molecule has 2 atom stereocenters. The number of amides is 2. The lowest BCUT2D eigenvalue weighted by atomic mass is 10.0. The predicted molar refractivity (Wildman–Crippen MR) is 127 cm³/mol. The zero-order valence-electron chi connectivity index (χ0n) is 18.6. The fourth-order valence-electron chi connectivity index (χ4n) is 4.01. The van der Waals surface area contributed by atoms with Gasteiger partial charge in [-0.15, -0.1) is 11.8 Å². The first-order chi connectivity index (χ1) is 17.8. The molecule has 5 heterocycles. The largest absolute Gasteiger partial charge is 0.477 e. The van der Waals surface area contributed by atoms with Crippen molar-refractivity contribution >= 4 is 63.4 Å². The van der Waals surface area contributed by atoms with Crippen molar-refractivity contribution < 1.29 is 33.3 Å². The number of nitrogens with two attached hydrogens (primary N) is 2. The summed E-state index contributed by atoms with van der Waals surface area (Å²) in [5.41, 5.74) is 12.0. The second kappa shape index (κ2) is 9.62. The first-order valence-electron chi connectivity index (χ1n) is 10.5. The van der Waals surface area contributed by atoms with E-state index in [2.05, 4.69) is 29.8 Å². The summed E-state index contributed by atoms with van der Waals surface area (Å²) in [7, 11) is 0. The van der Waals surface area contributed by atoms with E-state index in [4.69, 9.17) is 11.5 Å². The van der Waals surface area contributed by atoms with E-state index in [0.29, 0.717) is 17.0 Å². The third-order valence-electron chi connectivity index (χ3n) is 5.53. The molecular formula is C19H18FN10O5S2+. The van der Waals surface area contributed by atoms with Crippen molar-refractivity contribution in [3.63, 3.8) is 0 Å². The molecule has 0 radical (unpaired) electrons. The number of oxime groups is 1. The van der Waals surface area contributed by atoms with Gasteiger partial charge in [0.2, 0.25) is 11.5 Å². The fourth-order valence-corrected chi connectivity index (χ4v) is 5.78. The maximum atomic E-state index is 13.0. The van der Waals surface area contributed by atoms with Crippen LogP contribution in [-0.4, -0.2) is 76.5 Å². The Bertz CT molecular complexity index is 1490. The summed E-state index contributed by atoms with van der Waals surface area (Å²) in [4.78, 5) is 47.4. The SMILES string of the molecule is Nc1nc(/C(=N/OCF)C(=O)N[C@@H]2C(=O)N3C(C(=O)O)=C(C[n+]4cc(N)n5ncccc54)CS[C@H]23)ns1. The number of β-lactam (4-membered cyclic amide) rings is 1. The van der Waals surface area contributed by atoms with Crippen molar-refractivity contribution in [1.29, 1.82) is 0 Å². The molecule has 18 heteroatoms. The Labute approximate surface area is 214 Å². The molecule has 0 saturated carbocycles. The first kappa shape index (κ1) is 24.4. The van der Waals surface area contributed by atoms with Crippen LogP contribution in [0.1, 0.15) is 5.82 Å². The highest BCUT2D eigenvalue weighted by Gasteiger charge is 2.54. The molecular weight excluding hydrogens is 531 g/mol. The lowest BCUT2D eigenvalue weighted by molar-refractivity contribution is -0.662. The lowest BCUT2D eigenvalue weighted by Gasteiger charge is -2.49. The molecule has 192 valence electrons. The van der Waals surface area contributed by atoms with Gasteiger partial charge in [0, 0.05) is 28.9 Å². The monoisotopic (exact) mass is 549 g/mol. The predicted octanol–water partition coefficient (Wildman–Crippen LogP) is -1.28. The van der Waals surface area contributed by atoms with Crippen LogP contribution in [0, 0.1) is 0 Å². The van der Waals surface area contributed by atoms with Gasteiger partial charge in [0.25, 0.3) is 24.5 Å². The van der Waals surface area contributed by atoms with Crippen LogP contribution >= 0.6 is 23.3 Å². The van der Waals surface area contributed by atoms with E-state index in [0.717, 1.165) is 16.4 Å². The van der Waals surface area contributed by atoms with Crippen LogP contribution < -0.4 is 21.4 Å². The van der Waals surface area contributed by atoms with Crippen molar-refractivity contribution in [1.82, 2.24) is 29.2 Å². The summed E-state index contributed by atoms with van der Waals surface area (Å²) in [5, 5.41) is 19.3. The van der Waals surface area contributed by atoms with Crippen molar-refractivity contribution in [2.45, 2.75) is 18.0 Å². The number of anilines is 2. The zero-order chi connectivity index (χ0) is 26.3. The minimum atomic E-state index is -1.31. The van der Waals surface area contributed by atoms with E-state index in [-0.39, 0.29) is 29.0 Å². The number of nitrogens with zero attached hydrogens (tertiary/aromatic N) is 7. The van der Waals surface area contributed by atoms with Gasteiger partial charge in [-0.1, -0.05) is 14.8 Å². The van der Waals surface area contributed by atoms with Crippen LogP contribution in [0.2, 0.25) is 0 Å². The molecule has 15 nitrogen and oxygen atoms in total. The zero-order valence-corrected chi connectivity index (χ0v) is 20.3. The van der Waals surface area contributed by atoms with E-state index in [9.17, 15) is 23.9 Å². The van der Waals surface area contributed by atoms with Gasteiger partial charge in [-0.05, 0) is 6.07 Å². The standard InChI is InChI=1S/C19H17FN10O5S2/c20-7-35-26-11(14-25-19(22)37-27-14)15(31)24-12-16(32)29-13(18(33)34)8(6-36-17(12)29)4-28-5-9(21)30-10(28)2-1-3-23-30/h1-3,5,12,17H,4,6-7H2,(H5-,21,22,23,24,25,27,31,33,34)/p+1/b26-11-/t12-,17-/m1/s1. The van der Waals surface area contributed by atoms with Crippen molar-refractivity contribution in [3.8, 4) is 0 Å². The number of hydrogen-bond acceptors (Lipinski definition) is 12. The highest BCUT2D eigenvalue weighted by Crippen LogP contribution is 2.40. The number of halogens is 1. The van der Waals surface area contributed by atoms with Crippen molar-refractivity contribution in [2.24, 2.45) is 5.16 Å². The summed E-state index contributed by atoms with van der Waals surface area (Å²) < 4.78 is 19.6. The van der Waals surface area contributed by atoms with E-state index >= 15 is 0 Å². The number of hydrogen-bond donors (Lipinski definition) is 4. The molecule has 2 aliphatic heterocycles. The van der Waals surface area contributed by atoms with Gasteiger partial charge in [-0.3, -0.25) is 14.5 Å². The highest BCUT2D eigenvalue weighted by atomic mass is 32.2. The number of nitrogens with one attached hydrogen (secondary N) is 1. The minimum absolute atomic E-state index is 0.0413. The summed E-state index contributed by atoms with van der Waals surface area (Å²) in [6.45, 7) is -1.15. The Hall–Kier alpha value is -4.32. The highest BCUT2D eigenvalue weighted by molar-refractivity contribution is 8.00. The molecule has 0 unspecified atom stereocenters. The second-order valence-electron chi connectivity index (χ2n) is 7.73.